The van der Waals surface area contributed by atoms with Gasteiger partial charge in [-0.1, -0.05) is 31.5 Å². The summed E-state index contributed by atoms with van der Waals surface area (Å²) in [5.74, 6) is 0.348. The van der Waals surface area contributed by atoms with Crippen molar-refractivity contribution in [1.82, 2.24) is 0 Å². The summed E-state index contributed by atoms with van der Waals surface area (Å²) in [7, 11) is 0. The Morgan fingerprint density at radius 2 is 1.65 bits per heavy atom. The maximum Gasteiger partial charge on any atom is 0.328 e. The van der Waals surface area contributed by atoms with E-state index in [1.807, 2.05) is 46.8 Å². The Hall–Kier alpha value is -1.35. The molecule has 17 heavy (non-hydrogen) atoms. The van der Waals surface area contributed by atoms with Crippen molar-refractivity contribution in [2.45, 2.75) is 40.7 Å². The van der Waals surface area contributed by atoms with Gasteiger partial charge in [0.1, 0.15) is 11.8 Å². The van der Waals surface area contributed by atoms with Crippen LogP contribution in [0.2, 0.25) is 0 Å². The van der Waals surface area contributed by atoms with Gasteiger partial charge in [0.2, 0.25) is 0 Å². The van der Waals surface area contributed by atoms with Gasteiger partial charge in [-0.3, -0.25) is 0 Å². The van der Waals surface area contributed by atoms with Crippen LogP contribution in [0.5, 0.6) is 5.75 Å². The van der Waals surface area contributed by atoms with E-state index in [4.69, 9.17) is 10.5 Å². The summed E-state index contributed by atoms with van der Waals surface area (Å²) in [6.45, 7) is 9.69. The highest BCUT2D eigenvalue weighted by molar-refractivity contribution is 5.79. The second-order valence-corrected chi connectivity index (χ2v) is 4.92. The van der Waals surface area contributed by atoms with Crippen molar-refractivity contribution in [2.75, 3.05) is 0 Å². The quantitative estimate of drug-likeness (QED) is 0.647. The first-order valence-electron chi connectivity index (χ1n) is 5.88. The minimum atomic E-state index is -0.574. The molecule has 0 aromatic heterocycles. The molecule has 0 aliphatic rings. The van der Waals surface area contributed by atoms with Crippen LogP contribution in [0.25, 0.3) is 0 Å². The predicted octanol–water partition coefficient (Wildman–Crippen LogP) is 2.50. The van der Waals surface area contributed by atoms with E-state index >= 15 is 0 Å². The predicted molar refractivity (Wildman–Crippen MR) is 69.1 cm³/mol. The first kappa shape index (κ1) is 13.7. The van der Waals surface area contributed by atoms with Gasteiger partial charge in [-0.25, -0.2) is 4.79 Å². The van der Waals surface area contributed by atoms with E-state index < -0.39 is 6.04 Å². The molecule has 3 heteroatoms. The number of aryl methyl sites for hydroxylation is 3. The van der Waals surface area contributed by atoms with Crippen LogP contribution in [0.3, 0.4) is 0 Å². The van der Waals surface area contributed by atoms with Gasteiger partial charge in [0.25, 0.3) is 0 Å². The number of carbonyl (C=O) groups excluding carboxylic acids is 1. The maximum absolute atomic E-state index is 11.8. The third-order valence-corrected chi connectivity index (χ3v) is 2.80. The van der Waals surface area contributed by atoms with Gasteiger partial charge in [-0.05, 0) is 37.8 Å². The third-order valence-electron chi connectivity index (χ3n) is 2.80. The second kappa shape index (κ2) is 5.32. The van der Waals surface area contributed by atoms with Gasteiger partial charge < -0.3 is 10.5 Å². The molecule has 0 saturated heterocycles. The van der Waals surface area contributed by atoms with Crippen molar-refractivity contribution in [3.05, 3.63) is 28.8 Å². The lowest BCUT2D eigenvalue weighted by Gasteiger charge is -2.17. The number of hydrogen-bond donors (Lipinski definition) is 1. The molecule has 0 aliphatic heterocycles. The van der Waals surface area contributed by atoms with Crippen molar-refractivity contribution in [1.29, 1.82) is 0 Å². The standard InChI is InChI=1S/C14H21NO2/c1-8(2)12(15)14(16)17-13-10(4)6-9(3)7-11(13)5/h6-8,12H,15H2,1-5H3. The monoisotopic (exact) mass is 235 g/mol. The van der Waals surface area contributed by atoms with Gasteiger partial charge >= 0.3 is 5.97 Å². The highest BCUT2D eigenvalue weighted by Gasteiger charge is 2.20. The normalized spacial score (nSPS) is 12.6. The SMILES string of the molecule is Cc1cc(C)c(OC(=O)C(N)C(C)C)c(C)c1. The number of ether oxygens (including phenoxy) is 1. The van der Waals surface area contributed by atoms with Gasteiger partial charge in [0.05, 0.1) is 0 Å². The highest BCUT2D eigenvalue weighted by atomic mass is 16.5. The molecule has 94 valence electrons. The number of nitrogens with two attached hydrogens (primary N) is 1. The van der Waals surface area contributed by atoms with Gasteiger partial charge in [-0.2, -0.15) is 0 Å². The van der Waals surface area contributed by atoms with Gasteiger partial charge in [-0.15, -0.1) is 0 Å². The summed E-state index contributed by atoms with van der Waals surface area (Å²) in [6, 6.07) is 3.42. The average molecular weight is 235 g/mol. The summed E-state index contributed by atoms with van der Waals surface area (Å²) < 4.78 is 5.39. The Balaban J connectivity index is 2.93. The minimum Gasteiger partial charge on any atom is -0.425 e. The van der Waals surface area contributed by atoms with Crippen molar-refractivity contribution in [3.63, 3.8) is 0 Å². The second-order valence-electron chi connectivity index (χ2n) is 4.92. The van der Waals surface area contributed by atoms with Crippen molar-refractivity contribution < 1.29 is 9.53 Å². The zero-order chi connectivity index (χ0) is 13.2. The number of hydrogen-bond acceptors (Lipinski definition) is 3. The molecule has 0 bridgehead atoms. The van der Waals surface area contributed by atoms with E-state index in [0.29, 0.717) is 5.75 Å². The number of esters is 1. The molecule has 1 aromatic rings. The average Bonchev–Trinajstić information content (AvgIpc) is 2.21. The molecule has 0 fully saturated rings. The highest BCUT2D eigenvalue weighted by Crippen LogP contribution is 2.25. The fraction of sp³-hybridized carbons (Fsp3) is 0.500. The fourth-order valence-corrected chi connectivity index (χ4v) is 1.77. The first-order chi connectivity index (χ1) is 7.82. The van der Waals surface area contributed by atoms with Crippen LogP contribution < -0.4 is 10.5 Å². The molecule has 0 spiro atoms. The van der Waals surface area contributed by atoms with E-state index in [1.165, 1.54) is 0 Å². The molecule has 1 atom stereocenters. The Kier molecular flexibility index (Phi) is 4.29. The van der Waals surface area contributed by atoms with E-state index in [-0.39, 0.29) is 11.9 Å². The lowest BCUT2D eigenvalue weighted by molar-refractivity contribution is -0.136. The van der Waals surface area contributed by atoms with E-state index in [9.17, 15) is 4.79 Å². The Morgan fingerprint density at radius 1 is 1.18 bits per heavy atom. The van der Waals surface area contributed by atoms with Crippen LogP contribution in [0.1, 0.15) is 30.5 Å². The number of benzene rings is 1. The zero-order valence-corrected chi connectivity index (χ0v) is 11.2. The molecule has 3 nitrogen and oxygen atoms in total. The molecule has 1 unspecified atom stereocenters. The molecule has 2 N–H and O–H groups in total. The number of carbonyl (C=O) groups is 1. The van der Waals surface area contributed by atoms with Crippen LogP contribution in [-0.4, -0.2) is 12.0 Å². The Bertz CT molecular complexity index is 401. The molecule has 0 heterocycles. The van der Waals surface area contributed by atoms with Crippen LogP contribution in [0.15, 0.2) is 12.1 Å². The molecule has 0 saturated carbocycles. The molecular formula is C14H21NO2. The van der Waals surface area contributed by atoms with Gasteiger partial charge in [0, 0.05) is 0 Å². The van der Waals surface area contributed by atoms with Gasteiger partial charge in [0.15, 0.2) is 0 Å². The van der Waals surface area contributed by atoms with E-state index in [2.05, 4.69) is 0 Å². The fourth-order valence-electron chi connectivity index (χ4n) is 1.77. The summed E-state index contributed by atoms with van der Waals surface area (Å²) in [5, 5.41) is 0. The summed E-state index contributed by atoms with van der Waals surface area (Å²) in [5.41, 5.74) is 8.85. The number of rotatable bonds is 3. The van der Waals surface area contributed by atoms with Crippen molar-refractivity contribution in [3.8, 4) is 5.75 Å². The largest absolute Gasteiger partial charge is 0.425 e. The zero-order valence-electron chi connectivity index (χ0n) is 11.2. The minimum absolute atomic E-state index is 0.0774. The first-order valence-corrected chi connectivity index (χ1v) is 5.88. The summed E-state index contributed by atoms with van der Waals surface area (Å²) in [6.07, 6.45) is 0. The lowest BCUT2D eigenvalue weighted by atomic mass is 10.0. The molecule has 1 rings (SSSR count). The smallest absolute Gasteiger partial charge is 0.328 e. The van der Waals surface area contributed by atoms with Crippen LogP contribution in [0, 0.1) is 26.7 Å². The van der Waals surface area contributed by atoms with Crippen LogP contribution >= 0.6 is 0 Å². The van der Waals surface area contributed by atoms with E-state index in [1.54, 1.807) is 0 Å². The topological polar surface area (TPSA) is 52.3 Å². The van der Waals surface area contributed by atoms with Crippen LogP contribution in [-0.2, 0) is 4.79 Å². The molecule has 1 aromatic carbocycles. The van der Waals surface area contributed by atoms with Crippen molar-refractivity contribution in [2.24, 2.45) is 11.7 Å². The third kappa shape index (κ3) is 3.30. The maximum atomic E-state index is 11.8. The van der Waals surface area contributed by atoms with Crippen LogP contribution in [0.4, 0.5) is 0 Å². The summed E-state index contributed by atoms with van der Waals surface area (Å²) >= 11 is 0. The Labute approximate surface area is 103 Å². The Morgan fingerprint density at radius 3 is 2.06 bits per heavy atom. The summed E-state index contributed by atoms with van der Waals surface area (Å²) in [4.78, 5) is 11.8. The molecular weight excluding hydrogens is 214 g/mol. The van der Waals surface area contributed by atoms with E-state index in [0.717, 1.165) is 16.7 Å². The van der Waals surface area contributed by atoms with Crippen molar-refractivity contribution >= 4 is 5.97 Å². The lowest BCUT2D eigenvalue weighted by Crippen LogP contribution is -2.38. The molecule has 0 amide bonds. The molecule has 0 aliphatic carbocycles. The molecule has 0 radical (unpaired) electrons.